The third-order valence-electron chi connectivity index (χ3n) is 2.67. The molecule has 0 amide bonds. The molecule has 0 aromatic heterocycles. The molecule has 0 aliphatic heterocycles. The number of ether oxygens (including phenoxy) is 2. The number of hydrogen-bond acceptors (Lipinski definition) is 4. The van der Waals surface area contributed by atoms with E-state index in [1.165, 1.54) is 0 Å². The Kier molecular flexibility index (Phi) is 9.00. The Hall–Kier alpha value is -0.160. The molecule has 2 atom stereocenters. The van der Waals surface area contributed by atoms with E-state index in [4.69, 9.17) is 15.2 Å². The predicted molar refractivity (Wildman–Crippen MR) is 63.0 cm³/mol. The summed E-state index contributed by atoms with van der Waals surface area (Å²) in [6.07, 6.45) is 0. The van der Waals surface area contributed by atoms with Crippen molar-refractivity contribution in [3.05, 3.63) is 0 Å². The molecule has 2 unspecified atom stereocenters. The first kappa shape index (κ1) is 14.8. The number of rotatable bonds is 9. The van der Waals surface area contributed by atoms with E-state index < -0.39 is 0 Å². The Balaban J connectivity index is 3.87. The lowest BCUT2D eigenvalue weighted by molar-refractivity contribution is 0.103. The monoisotopic (exact) mass is 218 g/mol. The predicted octanol–water partition coefficient (Wildman–Crippen LogP) is 0.565. The number of hydrogen-bond donors (Lipinski definition) is 1. The molecule has 0 spiro atoms. The molecule has 0 saturated heterocycles. The topological polar surface area (TPSA) is 47.7 Å². The van der Waals surface area contributed by atoms with Gasteiger partial charge in [-0.25, -0.2) is 0 Å². The molecule has 0 saturated carbocycles. The maximum Gasteiger partial charge on any atom is 0.0589 e. The molecular formula is C11H26N2O2. The molecule has 0 aromatic carbocycles. The Bertz CT molecular complexity index is 135. The van der Waals surface area contributed by atoms with Gasteiger partial charge in [0, 0.05) is 39.9 Å². The van der Waals surface area contributed by atoms with Gasteiger partial charge in [-0.1, -0.05) is 6.92 Å². The maximum absolute atomic E-state index is 5.85. The van der Waals surface area contributed by atoms with Crippen molar-refractivity contribution in [3.63, 3.8) is 0 Å². The lowest BCUT2D eigenvalue weighted by Crippen LogP contribution is -2.39. The summed E-state index contributed by atoms with van der Waals surface area (Å²) < 4.78 is 10.2. The van der Waals surface area contributed by atoms with Crippen molar-refractivity contribution >= 4 is 0 Å². The summed E-state index contributed by atoms with van der Waals surface area (Å²) in [6, 6.07) is 0.234. The molecule has 2 N–H and O–H groups in total. The molecule has 92 valence electrons. The van der Waals surface area contributed by atoms with Crippen LogP contribution in [0.3, 0.4) is 0 Å². The SMILES string of the molecule is COCCN(CCOC)CC(C)C(C)N. The van der Waals surface area contributed by atoms with Crippen molar-refractivity contribution in [1.29, 1.82) is 0 Å². The van der Waals surface area contributed by atoms with Crippen LogP contribution in [0, 0.1) is 5.92 Å². The highest BCUT2D eigenvalue weighted by atomic mass is 16.5. The van der Waals surface area contributed by atoms with Crippen LogP contribution < -0.4 is 5.73 Å². The molecule has 0 bridgehead atoms. The normalized spacial score (nSPS) is 15.6. The highest BCUT2D eigenvalue weighted by Gasteiger charge is 2.12. The fourth-order valence-corrected chi connectivity index (χ4v) is 1.31. The largest absolute Gasteiger partial charge is 0.383 e. The van der Waals surface area contributed by atoms with Crippen LogP contribution in [0.15, 0.2) is 0 Å². The van der Waals surface area contributed by atoms with Gasteiger partial charge in [-0.15, -0.1) is 0 Å². The van der Waals surface area contributed by atoms with Crippen LogP contribution in [0.25, 0.3) is 0 Å². The van der Waals surface area contributed by atoms with Crippen LogP contribution in [0.2, 0.25) is 0 Å². The smallest absolute Gasteiger partial charge is 0.0589 e. The van der Waals surface area contributed by atoms with Crippen molar-refractivity contribution in [1.82, 2.24) is 4.90 Å². The van der Waals surface area contributed by atoms with Crippen molar-refractivity contribution < 1.29 is 9.47 Å². The average molecular weight is 218 g/mol. The summed E-state index contributed by atoms with van der Waals surface area (Å²) in [4.78, 5) is 2.33. The minimum Gasteiger partial charge on any atom is -0.383 e. The van der Waals surface area contributed by atoms with Crippen LogP contribution in [0.4, 0.5) is 0 Å². The zero-order valence-electron chi connectivity index (χ0n) is 10.5. The molecule has 15 heavy (non-hydrogen) atoms. The highest BCUT2D eigenvalue weighted by Crippen LogP contribution is 2.03. The molecule has 0 fully saturated rings. The first-order valence-corrected chi connectivity index (χ1v) is 5.57. The number of nitrogens with zero attached hydrogens (tertiary/aromatic N) is 1. The minimum absolute atomic E-state index is 0.234. The minimum atomic E-state index is 0.234. The number of nitrogens with two attached hydrogens (primary N) is 1. The summed E-state index contributed by atoms with van der Waals surface area (Å²) in [7, 11) is 3.45. The Labute approximate surface area is 93.7 Å². The van der Waals surface area contributed by atoms with Gasteiger partial charge in [-0.3, -0.25) is 4.90 Å². The molecule has 4 nitrogen and oxygen atoms in total. The molecule has 0 radical (unpaired) electrons. The van der Waals surface area contributed by atoms with Crippen LogP contribution in [-0.2, 0) is 9.47 Å². The molecule has 0 aliphatic rings. The van der Waals surface area contributed by atoms with Crippen LogP contribution >= 0.6 is 0 Å². The standard InChI is InChI=1S/C11H26N2O2/c1-10(11(2)12)9-13(5-7-14-3)6-8-15-4/h10-11H,5-9,12H2,1-4H3. The Morgan fingerprint density at radius 2 is 1.53 bits per heavy atom. The van der Waals surface area contributed by atoms with Gasteiger partial charge in [0.1, 0.15) is 0 Å². The van der Waals surface area contributed by atoms with Gasteiger partial charge < -0.3 is 15.2 Å². The number of methoxy groups -OCH3 is 2. The summed E-state index contributed by atoms with van der Waals surface area (Å²) in [5.74, 6) is 0.499. The second-order valence-corrected chi connectivity index (χ2v) is 4.12. The first-order chi connectivity index (χ1) is 7.11. The second kappa shape index (κ2) is 9.09. The van der Waals surface area contributed by atoms with Crippen molar-refractivity contribution in [2.24, 2.45) is 11.7 Å². The third-order valence-corrected chi connectivity index (χ3v) is 2.67. The second-order valence-electron chi connectivity index (χ2n) is 4.12. The van der Waals surface area contributed by atoms with Gasteiger partial charge >= 0.3 is 0 Å². The summed E-state index contributed by atoms with van der Waals surface area (Å²) in [6.45, 7) is 8.63. The van der Waals surface area contributed by atoms with Crippen molar-refractivity contribution in [3.8, 4) is 0 Å². The molecule has 0 aromatic rings. The van der Waals surface area contributed by atoms with E-state index in [1.54, 1.807) is 14.2 Å². The molecular weight excluding hydrogens is 192 g/mol. The Morgan fingerprint density at radius 1 is 1.07 bits per heavy atom. The van der Waals surface area contributed by atoms with Crippen molar-refractivity contribution in [2.45, 2.75) is 19.9 Å². The first-order valence-electron chi connectivity index (χ1n) is 5.57. The molecule has 4 heteroatoms. The van der Waals surface area contributed by atoms with E-state index in [2.05, 4.69) is 18.7 Å². The maximum atomic E-state index is 5.85. The molecule has 0 aliphatic carbocycles. The quantitative estimate of drug-likeness (QED) is 0.614. The van der Waals surface area contributed by atoms with Gasteiger partial charge in [-0.2, -0.15) is 0 Å². The molecule has 0 heterocycles. The molecule has 0 rings (SSSR count). The fourth-order valence-electron chi connectivity index (χ4n) is 1.31. The lowest BCUT2D eigenvalue weighted by Gasteiger charge is -2.26. The Morgan fingerprint density at radius 3 is 1.87 bits per heavy atom. The van der Waals surface area contributed by atoms with Gasteiger partial charge in [0.25, 0.3) is 0 Å². The zero-order valence-corrected chi connectivity index (χ0v) is 10.5. The van der Waals surface area contributed by atoms with Gasteiger partial charge in [0.05, 0.1) is 13.2 Å². The van der Waals surface area contributed by atoms with Crippen LogP contribution in [-0.4, -0.2) is 58.0 Å². The van der Waals surface area contributed by atoms with Crippen LogP contribution in [0.1, 0.15) is 13.8 Å². The highest BCUT2D eigenvalue weighted by molar-refractivity contribution is 4.69. The van der Waals surface area contributed by atoms with Crippen molar-refractivity contribution in [2.75, 3.05) is 47.1 Å². The zero-order chi connectivity index (χ0) is 11.7. The third kappa shape index (κ3) is 7.73. The van der Waals surface area contributed by atoms with E-state index in [0.717, 1.165) is 32.8 Å². The van der Waals surface area contributed by atoms with Crippen LogP contribution in [0.5, 0.6) is 0 Å². The van der Waals surface area contributed by atoms with Gasteiger partial charge in [0.2, 0.25) is 0 Å². The van der Waals surface area contributed by atoms with E-state index in [1.807, 2.05) is 0 Å². The summed E-state index contributed by atoms with van der Waals surface area (Å²) in [5.41, 5.74) is 5.85. The fraction of sp³-hybridized carbons (Fsp3) is 1.00. The summed E-state index contributed by atoms with van der Waals surface area (Å²) in [5, 5.41) is 0. The van der Waals surface area contributed by atoms with E-state index in [0.29, 0.717) is 5.92 Å². The van der Waals surface area contributed by atoms with E-state index in [-0.39, 0.29) is 6.04 Å². The average Bonchev–Trinajstić information content (AvgIpc) is 2.21. The summed E-state index contributed by atoms with van der Waals surface area (Å²) >= 11 is 0. The van der Waals surface area contributed by atoms with E-state index in [9.17, 15) is 0 Å². The van der Waals surface area contributed by atoms with E-state index >= 15 is 0 Å². The van der Waals surface area contributed by atoms with Gasteiger partial charge in [-0.05, 0) is 12.8 Å². The van der Waals surface area contributed by atoms with Gasteiger partial charge in [0.15, 0.2) is 0 Å². The lowest BCUT2D eigenvalue weighted by atomic mass is 10.0.